The van der Waals surface area contributed by atoms with Crippen LogP contribution in [0.1, 0.15) is 17.9 Å². The zero-order chi connectivity index (χ0) is 11.0. The molecule has 3 rings (SSSR count). The maximum atomic E-state index is 5.82. The largest absolute Gasteiger partial charge is 0.496 e. The number of hydrogen-bond acceptors (Lipinski definition) is 3. The molecule has 1 saturated heterocycles. The Kier molecular flexibility index (Phi) is 2.48. The molecule has 3 heteroatoms. The van der Waals surface area contributed by atoms with E-state index in [1.807, 2.05) is 12.1 Å². The first-order chi connectivity index (χ1) is 7.90. The summed E-state index contributed by atoms with van der Waals surface area (Å²) in [6.07, 6.45) is 1.13. The minimum atomic E-state index is 0.550. The first kappa shape index (κ1) is 9.97. The van der Waals surface area contributed by atoms with Gasteiger partial charge in [-0.15, -0.1) is 0 Å². The second kappa shape index (κ2) is 3.98. The molecule has 0 amide bonds. The summed E-state index contributed by atoms with van der Waals surface area (Å²) >= 11 is 0. The summed E-state index contributed by atoms with van der Waals surface area (Å²) in [4.78, 5) is 0. The topological polar surface area (TPSA) is 30.5 Å². The Bertz CT molecular complexity index is 392. The number of nitrogens with one attached hydrogen (secondary N) is 1. The molecule has 0 saturated carbocycles. The highest BCUT2D eigenvalue weighted by Crippen LogP contribution is 2.43. The number of ether oxygens (including phenoxy) is 2. The molecule has 86 valence electrons. The number of methoxy groups -OCH3 is 1. The molecule has 1 aromatic rings. The van der Waals surface area contributed by atoms with Gasteiger partial charge in [-0.1, -0.05) is 6.07 Å². The van der Waals surface area contributed by atoms with Crippen molar-refractivity contribution in [2.75, 3.05) is 26.8 Å². The van der Waals surface area contributed by atoms with Crippen LogP contribution in [0.15, 0.2) is 18.2 Å². The third-order valence-electron chi connectivity index (χ3n) is 3.70. The number of fused-ring (bicyclic) bond motifs is 3. The number of rotatable bonds is 1. The summed E-state index contributed by atoms with van der Waals surface area (Å²) in [6.45, 7) is 2.97. The monoisotopic (exact) mass is 219 g/mol. The van der Waals surface area contributed by atoms with E-state index in [0.717, 1.165) is 37.6 Å². The van der Waals surface area contributed by atoms with Crippen molar-refractivity contribution in [1.82, 2.24) is 5.32 Å². The van der Waals surface area contributed by atoms with Gasteiger partial charge in [0.1, 0.15) is 11.5 Å². The summed E-state index contributed by atoms with van der Waals surface area (Å²) in [7, 11) is 1.73. The predicted octanol–water partition coefficient (Wildman–Crippen LogP) is 1.78. The normalized spacial score (nSPS) is 27.6. The molecule has 2 atom stereocenters. The molecule has 2 aliphatic rings. The molecule has 1 fully saturated rings. The molecule has 0 radical (unpaired) electrons. The minimum absolute atomic E-state index is 0.550. The number of hydrogen-bond donors (Lipinski definition) is 1. The van der Waals surface area contributed by atoms with E-state index in [4.69, 9.17) is 9.47 Å². The van der Waals surface area contributed by atoms with Crippen molar-refractivity contribution >= 4 is 0 Å². The lowest BCUT2D eigenvalue weighted by Crippen LogP contribution is -2.11. The van der Waals surface area contributed by atoms with Crippen molar-refractivity contribution in [3.63, 3.8) is 0 Å². The third kappa shape index (κ3) is 1.47. The molecule has 0 unspecified atom stereocenters. The van der Waals surface area contributed by atoms with Crippen LogP contribution in [0.5, 0.6) is 11.5 Å². The van der Waals surface area contributed by atoms with E-state index in [1.54, 1.807) is 7.11 Å². The second-order valence-corrected chi connectivity index (χ2v) is 4.53. The number of benzene rings is 1. The van der Waals surface area contributed by atoms with Gasteiger partial charge < -0.3 is 14.8 Å². The van der Waals surface area contributed by atoms with Gasteiger partial charge in [0.25, 0.3) is 0 Å². The molecular formula is C13H17NO2. The predicted molar refractivity (Wildman–Crippen MR) is 62.2 cm³/mol. The average molecular weight is 219 g/mol. The van der Waals surface area contributed by atoms with Gasteiger partial charge in [0, 0.05) is 18.0 Å². The van der Waals surface area contributed by atoms with Gasteiger partial charge in [0.05, 0.1) is 13.7 Å². The van der Waals surface area contributed by atoms with Crippen molar-refractivity contribution in [3.05, 3.63) is 23.8 Å². The third-order valence-corrected chi connectivity index (χ3v) is 3.70. The van der Waals surface area contributed by atoms with Crippen molar-refractivity contribution in [1.29, 1.82) is 0 Å². The Labute approximate surface area is 95.8 Å². The van der Waals surface area contributed by atoms with E-state index in [-0.39, 0.29) is 0 Å². The second-order valence-electron chi connectivity index (χ2n) is 4.53. The van der Waals surface area contributed by atoms with Gasteiger partial charge in [-0.2, -0.15) is 0 Å². The Balaban J connectivity index is 2.10. The van der Waals surface area contributed by atoms with Crippen LogP contribution in [-0.4, -0.2) is 26.8 Å². The van der Waals surface area contributed by atoms with Gasteiger partial charge in [0.15, 0.2) is 0 Å². The lowest BCUT2D eigenvalue weighted by molar-refractivity contribution is 0.296. The van der Waals surface area contributed by atoms with Gasteiger partial charge in [-0.05, 0) is 31.0 Å². The highest BCUT2D eigenvalue weighted by Gasteiger charge is 2.34. The van der Waals surface area contributed by atoms with Crippen LogP contribution in [0.3, 0.4) is 0 Å². The first-order valence-electron chi connectivity index (χ1n) is 5.90. The standard InChI is InChI=1S/C13H17NO2/c1-15-11-3-2-4-12-13(11)10-8-14-7-9(10)5-6-16-12/h2-4,9-10,14H,5-8H2,1H3/t9-,10-/m0/s1. The first-order valence-corrected chi connectivity index (χ1v) is 5.90. The fraction of sp³-hybridized carbons (Fsp3) is 0.538. The van der Waals surface area contributed by atoms with Crippen LogP contribution in [-0.2, 0) is 0 Å². The highest BCUT2D eigenvalue weighted by atomic mass is 16.5. The van der Waals surface area contributed by atoms with Gasteiger partial charge in [-0.25, -0.2) is 0 Å². The molecule has 2 aliphatic heterocycles. The molecule has 1 N–H and O–H groups in total. The van der Waals surface area contributed by atoms with Crippen molar-refractivity contribution < 1.29 is 9.47 Å². The maximum Gasteiger partial charge on any atom is 0.126 e. The van der Waals surface area contributed by atoms with Crippen molar-refractivity contribution in [2.24, 2.45) is 5.92 Å². The molecule has 0 bridgehead atoms. The summed E-state index contributed by atoms with van der Waals surface area (Å²) in [5, 5.41) is 3.47. The Morgan fingerprint density at radius 3 is 3.19 bits per heavy atom. The highest BCUT2D eigenvalue weighted by molar-refractivity contribution is 5.48. The van der Waals surface area contributed by atoms with Crippen molar-refractivity contribution in [3.8, 4) is 11.5 Å². The fourth-order valence-electron chi connectivity index (χ4n) is 2.89. The summed E-state index contributed by atoms with van der Waals surface area (Å²) in [5.41, 5.74) is 1.26. The Morgan fingerprint density at radius 2 is 2.31 bits per heavy atom. The van der Waals surface area contributed by atoms with E-state index < -0.39 is 0 Å². The maximum absolute atomic E-state index is 5.82. The molecule has 0 aromatic heterocycles. The molecule has 3 nitrogen and oxygen atoms in total. The lowest BCUT2D eigenvalue weighted by atomic mass is 9.87. The summed E-state index contributed by atoms with van der Waals surface area (Å²) in [6, 6.07) is 6.09. The van der Waals surface area contributed by atoms with E-state index in [9.17, 15) is 0 Å². The van der Waals surface area contributed by atoms with Crippen LogP contribution in [0.25, 0.3) is 0 Å². The van der Waals surface area contributed by atoms with Crippen LogP contribution in [0, 0.1) is 5.92 Å². The van der Waals surface area contributed by atoms with Gasteiger partial charge in [0.2, 0.25) is 0 Å². The Hall–Kier alpha value is -1.22. The molecule has 0 spiro atoms. The minimum Gasteiger partial charge on any atom is -0.496 e. The quantitative estimate of drug-likeness (QED) is 0.781. The van der Waals surface area contributed by atoms with Crippen molar-refractivity contribution in [2.45, 2.75) is 12.3 Å². The Morgan fingerprint density at radius 1 is 1.38 bits per heavy atom. The van der Waals surface area contributed by atoms with E-state index >= 15 is 0 Å². The molecule has 16 heavy (non-hydrogen) atoms. The molecule has 0 aliphatic carbocycles. The van der Waals surface area contributed by atoms with Crippen LogP contribution in [0.2, 0.25) is 0 Å². The lowest BCUT2D eigenvalue weighted by Gasteiger charge is -2.18. The summed E-state index contributed by atoms with van der Waals surface area (Å²) < 4.78 is 11.3. The fourth-order valence-corrected chi connectivity index (χ4v) is 2.89. The van der Waals surface area contributed by atoms with Crippen LogP contribution in [0.4, 0.5) is 0 Å². The van der Waals surface area contributed by atoms with Gasteiger partial charge in [-0.3, -0.25) is 0 Å². The van der Waals surface area contributed by atoms with Crippen LogP contribution >= 0.6 is 0 Å². The van der Waals surface area contributed by atoms with E-state index in [2.05, 4.69) is 11.4 Å². The van der Waals surface area contributed by atoms with E-state index in [0.29, 0.717) is 11.8 Å². The SMILES string of the molecule is COc1cccc2c1[C@H]1CNC[C@@H]1CCO2. The molecule has 2 heterocycles. The summed E-state index contributed by atoms with van der Waals surface area (Å²) in [5.74, 6) is 3.22. The molecule has 1 aromatic carbocycles. The average Bonchev–Trinajstić information content (AvgIpc) is 2.70. The zero-order valence-corrected chi connectivity index (χ0v) is 9.53. The van der Waals surface area contributed by atoms with Crippen LogP contribution < -0.4 is 14.8 Å². The molecular weight excluding hydrogens is 202 g/mol. The zero-order valence-electron chi connectivity index (χ0n) is 9.53. The van der Waals surface area contributed by atoms with Gasteiger partial charge >= 0.3 is 0 Å². The van der Waals surface area contributed by atoms with E-state index in [1.165, 1.54) is 5.56 Å². The smallest absolute Gasteiger partial charge is 0.126 e.